The van der Waals surface area contributed by atoms with E-state index in [1.165, 1.54) is 17.1 Å². The van der Waals surface area contributed by atoms with Gasteiger partial charge in [-0.1, -0.05) is 19.9 Å². The molecule has 0 aromatic carbocycles. The zero-order valence-corrected chi connectivity index (χ0v) is 13.3. The summed E-state index contributed by atoms with van der Waals surface area (Å²) in [5.41, 5.74) is 5.42. The average Bonchev–Trinajstić information content (AvgIpc) is 2.46. The lowest BCUT2D eigenvalue weighted by Crippen LogP contribution is -2.48. The zero-order chi connectivity index (χ0) is 13.7. The standard InChI is InChI=1S/C14H23N3S2/c1-3-11-4-5-12(16-9-11)8-13(17-15)14-10(2)18-6-7-19-14/h4-5,9-10,13-14,17H,3,6-8,15H2,1-2H3. The summed E-state index contributed by atoms with van der Waals surface area (Å²) in [6.45, 7) is 4.46. The zero-order valence-electron chi connectivity index (χ0n) is 11.6. The number of pyridine rings is 1. The van der Waals surface area contributed by atoms with E-state index in [4.69, 9.17) is 5.84 Å². The van der Waals surface area contributed by atoms with Gasteiger partial charge in [0, 0.05) is 46.4 Å². The monoisotopic (exact) mass is 297 g/mol. The van der Waals surface area contributed by atoms with Gasteiger partial charge in [-0.05, 0) is 18.1 Å². The van der Waals surface area contributed by atoms with E-state index < -0.39 is 0 Å². The minimum atomic E-state index is 0.299. The molecule has 3 atom stereocenters. The third kappa shape index (κ3) is 4.12. The highest BCUT2D eigenvalue weighted by Crippen LogP contribution is 2.33. The Labute approximate surface area is 124 Å². The van der Waals surface area contributed by atoms with E-state index in [0.29, 0.717) is 16.5 Å². The maximum absolute atomic E-state index is 5.77. The van der Waals surface area contributed by atoms with Gasteiger partial charge in [-0.15, -0.1) is 0 Å². The highest BCUT2D eigenvalue weighted by atomic mass is 32.2. The summed E-state index contributed by atoms with van der Waals surface area (Å²) in [6, 6.07) is 4.60. The lowest BCUT2D eigenvalue weighted by Gasteiger charge is -2.34. The topological polar surface area (TPSA) is 50.9 Å². The van der Waals surface area contributed by atoms with Gasteiger partial charge >= 0.3 is 0 Å². The third-order valence-electron chi connectivity index (χ3n) is 3.57. The molecule has 0 aliphatic carbocycles. The second-order valence-corrected chi connectivity index (χ2v) is 7.67. The summed E-state index contributed by atoms with van der Waals surface area (Å²) in [6.07, 6.45) is 3.93. The van der Waals surface area contributed by atoms with Crippen LogP contribution >= 0.6 is 23.5 Å². The summed E-state index contributed by atoms with van der Waals surface area (Å²) in [4.78, 5) is 4.55. The van der Waals surface area contributed by atoms with Crippen molar-refractivity contribution in [2.24, 2.45) is 5.84 Å². The molecule has 1 fully saturated rings. The molecule has 1 aliphatic heterocycles. The molecule has 0 bridgehead atoms. The molecule has 1 aliphatic rings. The molecule has 2 rings (SSSR count). The van der Waals surface area contributed by atoms with Crippen molar-refractivity contribution < 1.29 is 0 Å². The molecule has 19 heavy (non-hydrogen) atoms. The molecule has 0 amide bonds. The molecule has 0 spiro atoms. The van der Waals surface area contributed by atoms with E-state index in [9.17, 15) is 0 Å². The largest absolute Gasteiger partial charge is 0.271 e. The molecule has 3 nitrogen and oxygen atoms in total. The van der Waals surface area contributed by atoms with Gasteiger partial charge in [-0.3, -0.25) is 16.3 Å². The van der Waals surface area contributed by atoms with Crippen molar-refractivity contribution in [3.63, 3.8) is 0 Å². The SMILES string of the molecule is CCc1ccc(CC(NN)C2SCCSC2C)nc1. The number of aryl methyl sites for hydroxylation is 1. The predicted molar refractivity (Wildman–Crippen MR) is 86.6 cm³/mol. The van der Waals surface area contributed by atoms with Gasteiger partial charge in [-0.25, -0.2) is 0 Å². The number of rotatable bonds is 5. The normalized spacial score (nSPS) is 25.2. The second kappa shape index (κ2) is 7.53. The van der Waals surface area contributed by atoms with Gasteiger partial charge in [0.25, 0.3) is 0 Å². The lowest BCUT2D eigenvalue weighted by molar-refractivity contribution is 0.497. The van der Waals surface area contributed by atoms with Crippen LogP contribution in [0.2, 0.25) is 0 Å². The number of aromatic nitrogens is 1. The molecule has 5 heteroatoms. The maximum Gasteiger partial charge on any atom is 0.0420 e. The number of hydrogen-bond donors (Lipinski definition) is 2. The van der Waals surface area contributed by atoms with Crippen LogP contribution in [0, 0.1) is 0 Å². The van der Waals surface area contributed by atoms with Crippen molar-refractivity contribution in [1.82, 2.24) is 10.4 Å². The summed E-state index contributed by atoms with van der Waals surface area (Å²) in [5.74, 6) is 8.24. The van der Waals surface area contributed by atoms with Gasteiger partial charge in [0.2, 0.25) is 0 Å². The Morgan fingerprint density at radius 1 is 1.42 bits per heavy atom. The van der Waals surface area contributed by atoms with Crippen LogP contribution in [0.1, 0.15) is 25.1 Å². The van der Waals surface area contributed by atoms with Crippen LogP contribution in [0.15, 0.2) is 18.3 Å². The smallest absolute Gasteiger partial charge is 0.0420 e. The molecule has 3 N–H and O–H groups in total. The molecular weight excluding hydrogens is 274 g/mol. The number of nitrogens with two attached hydrogens (primary N) is 1. The van der Waals surface area contributed by atoms with Crippen LogP contribution in [-0.2, 0) is 12.8 Å². The molecule has 1 saturated heterocycles. The first-order chi connectivity index (χ1) is 9.24. The molecule has 3 unspecified atom stereocenters. The molecule has 1 aromatic heterocycles. The van der Waals surface area contributed by atoms with E-state index >= 15 is 0 Å². The van der Waals surface area contributed by atoms with Crippen LogP contribution in [0.25, 0.3) is 0 Å². The fourth-order valence-electron chi connectivity index (χ4n) is 2.37. The maximum atomic E-state index is 5.77. The van der Waals surface area contributed by atoms with Gasteiger partial charge in [0.05, 0.1) is 0 Å². The number of nitrogens with one attached hydrogen (secondary N) is 1. The Balaban J connectivity index is 2.00. The van der Waals surface area contributed by atoms with E-state index in [2.05, 4.69) is 36.4 Å². The van der Waals surface area contributed by atoms with Gasteiger partial charge < -0.3 is 0 Å². The Bertz CT molecular complexity index is 383. The quantitative estimate of drug-likeness (QED) is 0.645. The first kappa shape index (κ1) is 15.2. The van der Waals surface area contributed by atoms with Gasteiger partial charge in [0.15, 0.2) is 0 Å². The number of thioether (sulfide) groups is 2. The molecular formula is C14H23N3S2. The average molecular weight is 297 g/mol. The number of hydrogen-bond acceptors (Lipinski definition) is 5. The van der Waals surface area contributed by atoms with Gasteiger partial charge in [-0.2, -0.15) is 23.5 Å². The highest BCUT2D eigenvalue weighted by Gasteiger charge is 2.30. The van der Waals surface area contributed by atoms with Crippen molar-refractivity contribution >= 4 is 23.5 Å². The van der Waals surface area contributed by atoms with Crippen molar-refractivity contribution in [2.75, 3.05) is 11.5 Å². The van der Waals surface area contributed by atoms with Crippen LogP contribution in [0.3, 0.4) is 0 Å². The Morgan fingerprint density at radius 3 is 2.79 bits per heavy atom. The second-order valence-electron chi connectivity index (χ2n) is 4.90. The van der Waals surface area contributed by atoms with Gasteiger partial charge in [0.1, 0.15) is 0 Å². The van der Waals surface area contributed by atoms with Crippen molar-refractivity contribution in [3.8, 4) is 0 Å². The summed E-state index contributed by atoms with van der Waals surface area (Å²) < 4.78 is 0. The van der Waals surface area contributed by atoms with Crippen molar-refractivity contribution in [1.29, 1.82) is 0 Å². The Hall–Kier alpha value is -0.230. The molecule has 1 aromatic rings. The third-order valence-corrected chi connectivity index (χ3v) is 6.82. The summed E-state index contributed by atoms with van der Waals surface area (Å²) in [7, 11) is 0. The number of hydrazine groups is 1. The van der Waals surface area contributed by atoms with E-state index in [-0.39, 0.29) is 0 Å². The molecule has 2 heterocycles. The minimum Gasteiger partial charge on any atom is -0.271 e. The first-order valence-corrected chi connectivity index (χ1v) is 8.97. The van der Waals surface area contributed by atoms with Crippen LogP contribution in [-0.4, -0.2) is 33.0 Å². The summed E-state index contributed by atoms with van der Waals surface area (Å²) in [5, 5.41) is 1.21. The first-order valence-electron chi connectivity index (χ1n) is 6.87. The lowest BCUT2D eigenvalue weighted by atomic mass is 10.0. The van der Waals surface area contributed by atoms with E-state index in [0.717, 1.165) is 18.5 Å². The Morgan fingerprint density at radius 2 is 2.21 bits per heavy atom. The van der Waals surface area contributed by atoms with E-state index in [1.54, 1.807) is 0 Å². The summed E-state index contributed by atoms with van der Waals surface area (Å²) >= 11 is 4.09. The molecule has 0 saturated carbocycles. The minimum absolute atomic E-state index is 0.299. The van der Waals surface area contributed by atoms with E-state index in [1.807, 2.05) is 29.7 Å². The van der Waals surface area contributed by atoms with Crippen molar-refractivity contribution in [2.45, 2.75) is 43.2 Å². The molecule has 106 valence electrons. The number of nitrogens with zero attached hydrogens (tertiary/aromatic N) is 1. The predicted octanol–water partition coefficient (Wildman–Crippen LogP) is 2.26. The van der Waals surface area contributed by atoms with Crippen LogP contribution in [0.5, 0.6) is 0 Å². The van der Waals surface area contributed by atoms with Crippen molar-refractivity contribution in [3.05, 3.63) is 29.6 Å². The van der Waals surface area contributed by atoms with Crippen LogP contribution < -0.4 is 11.3 Å². The molecule has 0 radical (unpaired) electrons. The van der Waals surface area contributed by atoms with Crippen LogP contribution in [0.4, 0.5) is 0 Å². The Kier molecular flexibility index (Phi) is 6.01. The fraction of sp³-hybridized carbons (Fsp3) is 0.643. The fourth-order valence-corrected chi connectivity index (χ4v) is 5.31. The highest BCUT2D eigenvalue weighted by molar-refractivity contribution is 8.07.